The molecule has 17 heavy (non-hydrogen) atoms. The number of rotatable bonds is 4. The summed E-state index contributed by atoms with van der Waals surface area (Å²) in [6.07, 6.45) is 0. The SMILES string of the molecule is Cc1cccc(OC(=O)/C(C[N+](=O)[O-])=N/O)c1. The molecular weight excluding hydrogens is 228 g/mol. The average Bonchev–Trinajstić information content (AvgIpc) is 2.25. The zero-order valence-electron chi connectivity index (χ0n) is 8.99. The van der Waals surface area contributed by atoms with Crippen LogP contribution in [-0.4, -0.2) is 28.4 Å². The molecule has 1 aromatic rings. The predicted octanol–water partition coefficient (Wildman–Crippen LogP) is 1.01. The van der Waals surface area contributed by atoms with E-state index in [2.05, 4.69) is 5.16 Å². The molecule has 0 amide bonds. The van der Waals surface area contributed by atoms with Crippen molar-refractivity contribution in [1.29, 1.82) is 0 Å². The Hall–Kier alpha value is -2.44. The largest absolute Gasteiger partial charge is 0.422 e. The summed E-state index contributed by atoms with van der Waals surface area (Å²) >= 11 is 0. The van der Waals surface area contributed by atoms with Crippen LogP contribution in [0.1, 0.15) is 5.56 Å². The van der Waals surface area contributed by atoms with Crippen molar-refractivity contribution in [2.24, 2.45) is 5.16 Å². The number of benzene rings is 1. The molecule has 7 heteroatoms. The average molecular weight is 238 g/mol. The van der Waals surface area contributed by atoms with Gasteiger partial charge >= 0.3 is 5.97 Å². The third-order valence-electron chi connectivity index (χ3n) is 1.84. The number of carbonyl (C=O) groups is 1. The van der Waals surface area contributed by atoms with Crippen LogP contribution in [0.25, 0.3) is 0 Å². The maximum absolute atomic E-state index is 11.4. The number of carbonyl (C=O) groups excluding carboxylic acids is 1. The molecule has 0 radical (unpaired) electrons. The number of oxime groups is 1. The van der Waals surface area contributed by atoms with Crippen molar-refractivity contribution in [1.82, 2.24) is 0 Å². The molecule has 0 saturated carbocycles. The van der Waals surface area contributed by atoms with Gasteiger partial charge in [0.05, 0.1) is 0 Å². The second kappa shape index (κ2) is 5.59. The van der Waals surface area contributed by atoms with Crippen molar-refractivity contribution in [3.05, 3.63) is 39.9 Å². The maximum Gasteiger partial charge on any atom is 0.368 e. The van der Waals surface area contributed by atoms with E-state index in [0.717, 1.165) is 5.56 Å². The molecule has 0 heterocycles. The molecule has 0 bridgehead atoms. The van der Waals surface area contributed by atoms with Crippen LogP contribution >= 0.6 is 0 Å². The number of nitro groups is 1. The highest BCUT2D eigenvalue weighted by atomic mass is 16.6. The lowest BCUT2D eigenvalue weighted by Crippen LogP contribution is -2.27. The summed E-state index contributed by atoms with van der Waals surface area (Å²) in [6, 6.07) is 6.57. The Balaban J connectivity index is 2.74. The van der Waals surface area contributed by atoms with Crippen LogP contribution in [0.2, 0.25) is 0 Å². The topological polar surface area (TPSA) is 102 Å². The molecule has 7 nitrogen and oxygen atoms in total. The second-order valence-electron chi connectivity index (χ2n) is 3.24. The molecule has 0 aliphatic rings. The molecule has 0 saturated heterocycles. The van der Waals surface area contributed by atoms with Crippen LogP contribution in [0, 0.1) is 17.0 Å². The Bertz CT molecular complexity index is 470. The summed E-state index contributed by atoms with van der Waals surface area (Å²) in [7, 11) is 0. The molecule has 0 aliphatic carbocycles. The molecule has 0 fully saturated rings. The highest BCUT2D eigenvalue weighted by Crippen LogP contribution is 2.12. The smallest absolute Gasteiger partial charge is 0.368 e. The van der Waals surface area contributed by atoms with Gasteiger partial charge < -0.3 is 9.94 Å². The van der Waals surface area contributed by atoms with Gasteiger partial charge in [-0.05, 0) is 24.6 Å². The van der Waals surface area contributed by atoms with E-state index >= 15 is 0 Å². The van der Waals surface area contributed by atoms with Crippen LogP contribution in [0.15, 0.2) is 29.4 Å². The molecule has 0 atom stereocenters. The molecule has 1 rings (SSSR count). The van der Waals surface area contributed by atoms with E-state index in [0.29, 0.717) is 0 Å². The number of aryl methyl sites for hydroxylation is 1. The molecule has 0 aliphatic heterocycles. The van der Waals surface area contributed by atoms with Crippen molar-refractivity contribution >= 4 is 11.7 Å². The minimum absolute atomic E-state index is 0.236. The highest BCUT2D eigenvalue weighted by molar-refractivity contribution is 6.37. The third-order valence-corrected chi connectivity index (χ3v) is 1.84. The van der Waals surface area contributed by atoms with Crippen LogP contribution in [0.4, 0.5) is 0 Å². The fourth-order valence-electron chi connectivity index (χ4n) is 1.10. The molecular formula is C10H10N2O5. The lowest BCUT2D eigenvalue weighted by atomic mass is 10.2. The zero-order chi connectivity index (χ0) is 12.8. The summed E-state index contributed by atoms with van der Waals surface area (Å²) in [6.45, 7) is 0.913. The lowest BCUT2D eigenvalue weighted by molar-refractivity contribution is -0.463. The van der Waals surface area contributed by atoms with Crippen molar-refractivity contribution < 1.29 is 19.7 Å². The van der Waals surface area contributed by atoms with E-state index in [-0.39, 0.29) is 5.75 Å². The van der Waals surface area contributed by atoms with Gasteiger partial charge in [0.2, 0.25) is 5.71 Å². The zero-order valence-corrected chi connectivity index (χ0v) is 8.99. The van der Waals surface area contributed by atoms with Gasteiger partial charge in [0.15, 0.2) is 0 Å². The highest BCUT2D eigenvalue weighted by Gasteiger charge is 2.20. The quantitative estimate of drug-likeness (QED) is 0.210. The summed E-state index contributed by atoms with van der Waals surface area (Å²) < 4.78 is 4.81. The molecule has 1 aromatic carbocycles. The molecule has 0 unspecified atom stereocenters. The Morgan fingerprint density at radius 3 is 2.82 bits per heavy atom. The van der Waals surface area contributed by atoms with Gasteiger partial charge in [-0.1, -0.05) is 17.3 Å². The summed E-state index contributed by atoms with van der Waals surface area (Å²) in [5.41, 5.74) is 0.212. The Morgan fingerprint density at radius 2 is 2.29 bits per heavy atom. The number of ether oxygens (including phenoxy) is 1. The van der Waals surface area contributed by atoms with E-state index in [1.807, 2.05) is 0 Å². The van der Waals surface area contributed by atoms with Crippen molar-refractivity contribution in [3.8, 4) is 5.75 Å². The number of nitrogens with zero attached hydrogens (tertiary/aromatic N) is 2. The lowest BCUT2D eigenvalue weighted by Gasteiger charge is -2.03. The van der Waals surface area contributed by atoms with Crippen LogP contribution in [-0.2, 0) is 4.79 Å². The van der Waals surface area contributed by atoms with Gasteiger partial charge in [0.1, 0.15) is 5.75 Å². The summed E-state index contributed by atoms with van der Waals surface area (Å²) in [5, 5.41) is 21.2. The van der Waals surface area contributed by atoms with Gasteiger partial charge in [-0.3, -0.25) is 10.1 Å². The van der Waals surface area contributed by atoms with Crippen LogP contribution in [0.3, 0.4) is 0 Å². The third kappa shape index (κ3) is 3.90. The number of esters is 1. The van der Waals surface area contributed by atoms with Crippen LogP contribution in [0.5, 0.6) is 5.75 Å². The van der Waals surface area contributed by atoms with E-state index in [1.54, 1.807) is 25.1 Å². The van der Waals surface area contributed by atoms with E-state index in [9.17, 15) is 14.9 Å². The summed E-state index contributed by atoms with van der Waals surface area (Å²) in [5.74, 6) is -0.811. The first-order chi connectivity index (χ1) is 8.02. The predicted molar refractivity (Wildman–Crippen MR) is 57.9 cm³/mol. The Morgan fingerprint density at radius 1 is 1.59 bits per heavy atom. The second-order valence-corrected chi connectivity index (χ2v) is 3.24. The monoisotopic (exact) mass is 238 g/mol. The van der Waals surface area contributed by atoms with Gasteiger partial charge in [-0.25, -0.2) is 4.79 Å². The number of hydrogen-bond acceptors (Lipinski definition) is 6. The van der Waals surface area contributed by atoms with E-state index in [4.69, 9.17) is 9.94 Å². The van der Waals surface area contributed by atoms with Gasteiger partial charge in [-0.2, -0.15) is 0 Å². The fraction of sp³-hybridized carbons (Fsp3) is 0.200. The minimum atomic E-state index is -1.05. The van der Waals surface area contributed by atoms with E-state index in [1.165, 1.54) is 6.07 Å². The molecule has 0 aromatic heterocycles. The Kier molecular flexibility index (Phi) is 4.15. The molecule has 0 spiro atoms. The van der Waals surface area contributed by atoms with Gasteiger partial charge in [-0.15, -0.1) is 0 Å². The molecule has 1 N–H and O–H groups in total. The fourth-order valence-corrected chi connectivity index (χ4v) is 1.10. The van der Waals surface area contributed by atoms with Crippen molar-refractivity contribution in [2.75, 3.05) is 6.54 Å². The van der Waals surface area contributed by atoms with Crippen molar-refractivity contribution in [3.63, 3.8) is 0 Å². The minimum Gasteiger partial charge on any atom is -0.422 e. The molecule has 90 valence electrons. The van der Waals surface area contributed by atoms with Crippen LogP contribution < -0.4 is 4.74 Å². The first-order valence-corrected chi connectivity index (χ1v) is 4.64. The first-order valence-electron chi connectivity index (χ1n) is 4.64. The first kappa shape index (κ1) is 12.6. The van der Waals surface area contributed by atoms with Crippen molar-refractivity contribution in [2.45, 2.75) is 6.92 Å². The standard InChI is InChI=1S/C10H10N2O5/c1-7-3-2-4-8(5-7)17-10(13)9(11-14)6-12(15)16/h2-5,14H,6H2,1H3/b11-9+. The van der Waals surface area contributed by atoms with Gasteiger partial charge in [0.25, 0.3) is 6.54 Å². The maximum atomic E-state index is 11.4. The number of hydrogen-bond donors (Lipinski definition) is 1. The van der Waals surface area contributed by atoms with E-state index < -0.39 is 23.1 Å². The Labute approximate surface area is 96.5 Å². The normalized spacial score (nSPS) is 11.0. The van der Waals surface area contributed by atoms with Gasteiger partial charge in [0, 0.05) is 4.92 Å². The summed E-state index contributed by atoms with van der Waals surface area (Å²) in [4.78, 5) is 20.8.